The summed E-state index contributed by atoms with van der Waals surface area (Å²) in [7, 11) is 4.05. The maximum absolute atomic E-state index is 4.75. The predicted molar refractivity (Wildman–Crippen MR) is 89.5 cm³/mol. The van der Waals surface area contributed by atoms with E-state index in [2.05, 4.69) is 28.2 Å². The van der Waals surface area contributed by atoms with E-state index in [1.54, 1.807) is 0 Å². The number of aryl methyl sites for hydroxylation is 4. The van der Waals surface area contributed by atoms with Gasteiger partial charge in [0.25, 0.3) is 0 Å². The van der Waals surface area contributed by atoms with Gasteiger partial charge in [0.15, 0.2) is 0 Å². The first-order chi connectivity index (χ1) is 10.6. The fraction of sp³-hybridized carbons (Fsp3) is 0.438. The summed E-state index contributed by atoms with van der Waals surface area (Å²) in [6.07, 6.45) is 7.59. The summed E-state index contributed by atoms with van der Waals surface area (Å²) in [6.45, 7) is 2.79. The highest BCUT2D eigenvalue weighted by Gasteiger charge is 2.23. The third-order valence-electron chi connectivity index (χ3n) is 4.20. The molecular weight excluding hydrogens is 294 g/mol. The normalized spacial score (nSPS) is 13.8. The summed E-state index contributed by atoms with van der Waals surface area (Å²) in [6, 6.07) is 0. The lowest BCUT2D eigenvalue weighted by atomic mass is 10.1. The molecule has 0 radical (unpaired) electrons. The second-order valence-electron chi connectivity index (χ2n) is 6.01. The molecule has 22 heavy (non-hydrogen) atoms. The first-order valence-corrected chi connectivity index (χ1v) is 8.41. The van der Waals surface area contributed by atoms with Crippen molar-refractivity contribution in [3.05, 3.63) is 34.2 Å². The van der Waals surface area contributed by atoms with Crippen molar-refractivity contribution in [3.63, 3.8) is 0 Å². The Morgan fingerprint density at radius 1 is 1.32 bits per heavy atom. The predicted octanol–water partition coefficient (Wildman–Crippen LogP) is 2.86. The maximum Gasteiger partial charge on any atom is 0.141 e. The molecule has 6 heteroatoms. The molecule has 3 aromatic rings. The molecule has 1 aliphatic carbocycles. The van der Waals surface area contributed by atoms with Crippen LogP contribution in [0.15, 0.2) is 12.4 Å². The molecule has 0 aliphatic heterocycles. The van der Waals surface area contributed by atoms with Crippen LogP contribution in [0.1, 0.15) is 28.2 Å². The summed E-state index contributed by atoms with van der Waals surface area (Å²) in [4.78, 5) is 14.3. The van der Waals surface area contributed by atoms with Crippen LogP contribution in [-0.2, 0) is 26.4 Å². The van der Waals surface area contributed by atoms with Crippen molar-refractivity contribution < 1.29 is 0 Å². The zero-order valence-corrected chi connectivity index (χ0v) is 13.9. The number of hydrogen-bond acceptors (Lipinski definition) is 5. The Morgan fingerprint density at radius 2 is 2.18 bits per heavy atom. The summed E-state index contributed by atoms with van der Waals surface area (Å²) in [5, 5.41) is 5.52. The number of aromatic nitrogens is 4. The van der Waals surface area contributed by atoms with Crippen LogP contribution in [0.5, 0.6) is 0 Å². The topological polar surface area (TPSA) is 46.8 Å². The smallest absolute Gasteiger partial charge is 0.141 e. The van der Waals surface area contributed by atoms with Gasteiger partial charge in [0.05, 0.1) is 11.6 Å². The van der Waals surface area contributed by atoms with Gasteiger partial charge in [0, 0.05) is 37.3 Å². The number of fused-ring (bicyclic) bond motifs is 3. The number of hydrogen-bond donors (Lipinski definition) is 0. The minimum atomic E-state index is 0.810. The van der Waals surface area contributed by atoms with E-state index in [4.69, 9.17) is 4.98 Å². The van der Waals surface area contributed by atoms with Gasteiger partial charge in [-0.3, -0.25) is 4.68 Å². The molecule has 3 heterocycles. The second kappa shape index (κ2) is 5.05. The highest BCUT2D eigenvalue weighted by Crippen LogP contribution is 2.40. The summed E-state index contributed by atoms with van der Waals surface area (Å²) >= 11 is 1.85. The standard InChI is InChI=1S/C16H19N5S/c1-10-18-15(20(2)8-11-7-17-21(3)9-11)14-12-5-4-6-13(12)22-16(14)19-10/h7,9H,4-6,8H2,1-3H3. The van der Waals surface area contributed by atoms with E-state index in [-0.39, 0.29) is 0 Å². The fourth-order valence-electron chi connectivity index (χ4n) is 3.26. The SMILES string of the molecule is Cc1nc(N(C)Cc2cnn(C)c2)c2c3c(sc2n1)CCC3. The Morgan fingerprint density at radius 3 is 2.95 bits per heavy atom. The van der Waals surface area contributed by atoms with E-state index in [1.165, 1.54) is 34.2 Å². The average molecular weight is 313 g/mol. The molecule has 0 saturated heterocycles. The van der Waals surface area contributed by atoms with Crippen molar-refractivity contribution in [2.45, 2.75) is 32.7 Å². The van der Waals surface area contributed by atoms with Crippen LogP contribution >= 0.6 is 11.3 Å². The van der Waals surface area contributed by atoms with Crippen molar-refractivity contribution in [1.29, 1.82) is 0 Å². The number of rotatable bonds is 3. The van der Waals surface area contributed by atoms with Gasteiger partial charge in [-0.2, -0.15) is 5.10 Å². The molecule has 3 aromatic heterocycles. The Balaban J connectivity index is 1.79. The van der Waals surface area contributed by atoms with Crippen LogP contribution in [0, 0.1) is 6.92 Å². The maximum atomic E-state index is 4.75. The van der Waals surface area contributed by atoms with E-state index in [0.717, 1.165) is 29.4 Å². The van der Waals surface area contributed by atoms with Crippen LogP contribution in [0.25, 0.3) is 10.2 Å². The average Bonchev–Trinajstić information content (AvgIpc) is 3.13. The minimum absolute atomic E-state index is 0.810. The molecule has 0 amide bonds. The van der Waals surface area contributed by atoms with Gasteiger partial charge in [-0.15, -0.1) is 11.3 Å². The molecule has 0 unspecified atom stereocenters. The van der Waals surface area contributed by atoms with Crippen molar-refractivity contribution >= 4 is 27.4 Å². The molecule has 1 aliphatic rings. The largest absolute Gasteiger partial charge is 0.355 e. The van der Waals surface area contributed by atoms with Crippen LogP contribution in [0.2, 0.25) is 0 Å². The van der Waals surface area contributed by atoms with Crippen molar-refractivity contribution in [1.82, 2.24) is 19.7 Å². The zero-order valence-electron chi connectivity index (χ0n) is 13.1. The Hall–Kier alpha value is -1.95. The van der Waals surface area contributed by atoms with Gasteiger partial charge < -0.3 is 4.90 Å². The highest BCUT2D eigenvalue weighted by molar-refractivity contribution is 7.19. The summed E-state index contributed by atoms with van der Waals surface area (Å²) < 4.78 is 1.84. The van der Waals surface area contributed by atoms with Crippen molar-refractivity contribution in [2.24, 2.45) is 7.05 Å². The lowest BCUT2D eigenvalue weighted by Gasteiger charge is -2.19. The van der Waals surface area contributed by atoms with Gasteiger partial charge in [0.2, 0.25) is 0 Å². The fourth-order valence-corrected chi connectivity index (χ4v) is 4.56. The molecule has 0 bridgehead atoms. The minimum Gasteiger partial charge on any atom is -0.355 e. The lowest BCUT2D eigenvalue weighted by Crippen LogP contribution is -2.18. The van der Waals surface area contributed by atoms with Crippen LogP contribution < -0.4 is 4.90 Å². The molecule has 4 rings (SSSR count). The lowest BCUT2D eigenvalue weighted by molar-refractivity contribution is 0.766. The molecule has 0 N–H and O–H groups in total. The summed E-state index contributed by atoms with van der Waals surface area (Å²) in [5.41, 5.74) is 2.68. The summed E-state index contributed by atoms with van der Waals surface area (Å²) in [5.74, 6) is 1.91. The van der Waals surface area contributed by atoms with E-state index in [9.17, 15) is 0 Å². The second-order valence-corrected chi connectivity index (χ2v) is 7.09. The zero-order chi connectivity index (χ0) is 15.3. The molecule has 5 nitrogen and oxygen atoms in total. The van der Waals surface area contributed by atoms with Gasteiger partial charge in [-0.25, -0.2) is 9.97 Å². The van der Waals surface area contributed by atoms with Crippen LogP contribution in [-0.4, -0.2) is 26.8 Å². The monoisotopic (exact) mass is 313 g/mol. The van der Waals surface area contributed by atoms with E-state index < -0.39 is 0 Å². The molecule has 0 fully saturated rings. The third kappa shape index (κ3) is 2.18. The molecule has 114 valence electrons. The number of thiophene rings is 1. The van der Waals surface area contributed by atoms with Gasteiger partial charge in [0.1, 0.15) is 16.5 Å². The Labute approximate surface area is 133 Å². The van der Waals surface area contributed by atoms with Gasteiger partial charge in [-0.05, 0) is 31.7 Å². The molecule has 0 aromatic carbocycles. The van der Waals surface area contributed by atoms with Crippen LogP contribution in [0.3, 0.4) is 0 Å². The molecule has 0 atom stereocenters. The number of nitrogens with zero attached hydrogens (tertiary/aromatic N) is 5. The Kier molecular flexibility index (Phi) is 3.14. The third-order valence-corrected chi connectivity index (χ3v) is 5.38. The van der Waals surface area contributed by atoms with E-state index in [1.807, 2.05) is 36.2 Å². The van der Waals surface area contributed by atoms with Gasteiger partial charge >= 0.3 is 0 Å². The molecule has 0 spiro atoms. The van der Waals surface area contributed by atoms with Crippen molar-refractivity contribution in [3.8, 4) is 0 Å². The van der Waals surface area contributed by atoms with E-state index >= 15 is 0 Å². The quantitative estimate of drug-likeness (QED) is 0.746. The number of anilines is 1. The highest BCUT2D eigenvalue weighted by atomic mass is 32.1. The van der Waals surface area contributed by atoms with E-state index in [0.29, 0.717) is 0 Å². The Bertz CT molecular complexity index is 848. The van der Waals surface area contributed by atoms with Gasteiger partial charge in [-0.1, -0.05) is 0 Å². The molecule has 0 saturated carbocycles. The first-order valence-electron chi connectivity index (χ1n) is 7.59. The first kappa shape index (κ1) is 13.7. The van der Waals surface area contributed by atoms with Crippen LogP contribution in [0.4, 0.5) is 5.82 Å². The van der Waals surface area contributed by atoms with Crippen molar-refractivity contribution in [2.75, 3.05) is 11.9 Å². The molecular formula is C16H19N5S.